The molecular formula is C15H15N5O2S. The van der Waals surface area contributed by atoms with E-state index < -0.39 is 0 Å². The van der Waals surface area contributed by atoms with Crippen LogP contribution < -0.4 is 16.8 Å². The summed E-state index contributed by atoms with van der Waals surface area (Å²) in [6.45, 7) is 1.99. The Balaban J connectivity index is 1.69. The first-order valence-electron chi connectivity index (χ1n) is 6.85. The molecule has 8 heteroatoms. The first-order chi connectivity index (χ1) is 11.0. The number of carbonyl (C=O) groups excluding carboxylic acids is 1. The number of thiazole rings is 1. The molecule has 1 aromatic carbocycles. The smallest absolute Gasteiger partial charge is 0.234 e. The number of nitrogen functional groups attached to an aromatic ring is 2. The summed E-state index contributed by atoms with van der Waals surface area (Å²) in [5, 5.41) is 8.79. The Bertz CT molecular complexity index is 818. The highest BCUT2D eigenvalue weighted by Crippen LogP contribution is 2.33. The van der Waals surface area contributed by atoms with Crippen LogP contribution in [0.1, 0.15) is 11.3 Å². The maximum absolute atomic E-state index is 12.1. The van der Waals surface area contributed by atoms with Crippen molar-refractivity contribution in [2.75, 3.05) is 16.8 Å². The average molecular weight is 329 g/mol. The molecule has 0 saturated carbocycles. The van der Waals surface area contributed by atoms with Gasteiger partial charge in [0, 0.05) is 11.1 Å². The molecular weight excluding hydrogens is 314 g/mol. The number of benzene rings is 1. The molecule has 3 rings (SSSR count). The zero-order chi connectivity index (χ0) is 16.4. The molecule has 0 atom stereocenters. The van der Waals surface area contributed by atoms with Crippen LogP contribution in [0.3, 0.4) is 0 Å². The summed E-state index contributed by atoms with van der Waals surface area (Å²) in [6, 6.07) is 7.60. The van der Waals surface area contributed by atoms with Gasteiger partial charge in [0.05, 0.1) is 12.1 Å². The van der Waals surface area contributed by atoms with E-state index in [9.17, 15) is 4.79 Å². The van der Waals surface area contributed by atoms with Crippen LogP contribution >= 0.6 is 11.3 Å². The van der Waals surface area contributed by atoms with Crippen molar-refractivity contribution in [2.45, 2.75) is 13.3 Å². The van der Waals surface area contributed by atoms with Gasteiger partial charge < -0.3 is 21.3 Å². The van der Waals surface area contributed by atoms with E-state index in [1.807, 2.05) is 31.2 Å². The molecule has 0 spiro atoms. The van der Waals surface area contributed by atoms with Crippen LogP contribution in [-0.2, 0) is 11.2 Å². The van der Waals surface area contributed by atoms with Crippen LogP contribution in [0.25, 0.3) is 10.6 Å². The van der Waals surface area contributed by atoms with E-state index in [-0.39, 0.29) is 24.0 Å². The Morgan fingerprint density at radius 3 is 2.70 bits per heavy atom. The summed E-state index contributed by atoms with van der Waals surface area (Å²) in [7, 11) is 0. The summed E-state index contributed by atoms with van der Waals surface area (Å²) < 4.78 is 4.82. The second-order valence-corrected chi connectivity index (χ2v) is 5.90. The first-order valence-corrected chi connectivity index (χ1v) is 7.73. The third-order valence-corrected chi connectivity index (χ3v) is 4.10. The monoisotopic (exact) mass is 329 g/mol. The van der Waals surface area contributed by atoms with Gasteiger partial charge in [0.1, 0.15) is 10.6 Å². The molecule has 0 saturated heterocycles. The van der Waals surface area contributed by atoms with Gasteiger partial charge in [0.15, 0.2) is 5.82 Å². The minimum Gasteiger partial charge on any atom is -0.380 e. The number of aromatic nitrogens is 2. The maximum Gasteiger partial charge on any atom is 0.234 e. The maximum atomic E-state index is 12.1. The van der Waals surface area contributed by atoms with Gasteiger partial charge in [-0.25, -0.2) is 4.98 Å². The van der Waals surface area contributed by atoms with Gasteiger partial charge in [-0.15, -0.1) is 11.3 Å². The average Bonchev–Trinajstić information content (AvgIpc) is 3.08. The molecule has 3 aromatic rings. The Morgan fingerprint density at radius 2 is 2.04 bits per heavy atom. The normalized spacial score (nSPS) is 10.7. The summed E-state index contributed by atoms with van der Waals surface area (Å²) in [5.41, 5.74) is 14.4. The van der Waals surface area contributed by atoms with E-state index in [1.165, 1.54) is 11.3 Å². The predicted molar refractivity (Wildman–Crippen MR) is 89.9 cm³/mol. The number of anilines is 3. The standard InChI is InChI=1S/C15H15N5O2S/c1-8-2-4-9(5-3-8)18-11(21)6-10-7-23-15(19-10)12-13(16)20-22-14(12)17/h2-5,7H,6,17H2,1H3,(H2,16,20)(H,18,21). The second kappa shape index (κ2) is 6.09. The van der Waals surface area contributed by atoms with E-state index in [0.717, 1.165) is 11.3 Å². The lowest BCUT2D eigenvalue weighted by Gasteiger charge is -2.04. The largest absolute Gasteiger partial charge is 0.380 e. The number of nitrogens with zero attached hydrogens (tertiary/aromatic N) is 2. The molecule has 0 radical (unpaired) electrons. The van der Waals surface area contributed by atoms with E-state index in [2.05, 4.69) is 15.5 Å². The molecule has 23 heavy (non-hydrogen) atoms. The lowest BCUT2D eigenvalue weighted by Crippen LogP contribution is -2.14. The van der Waals surface area contributed by atoms with Crippen LogP contribution in [0.4, 0.5) is 17.4 Å². The van der Waals surface area contributed by atoms with Gasteiger partial charge in [-0.1, -0.05) is 22.9 Å². The fourth-order valence-corrected chi connectivity index (χ4v) is 2.92. The van der Waals surface area contributed by atoms with Crippen molar-refractivity contribution in [1.82, 2.24) is 10.1 Å². The Morgan fingerprint density at radius 1 is 1.30 bits per heavy atom. The molecule has 0 unspecified atom stereocenters. The van der Waals surface area contributed by atoms with Crippen molar-refractivity contribution in [3.63, 3.8) is 0 Å². The number of amides is 1. The molecule has 0 fully saturated rings. The molecule has 1 amide bonds. The van der Waals surface area contributed by atoms with Crippen molar-refractivity contribution < 1.29 is 9.32 Å². The lowest BCUT2D eigenvalue weighted by molar-refractivity contribution is -0.115. The number of nitrogens with two attached hydrogens (primary N) is 2. The van der Waals surface area contributed by atoms with E-state index in [1.54, 1.807) is 5.38 Å². The molecule has 2 heterocycles. The van der Waals surface area contributed by atoms with Crippen molar-refractivity contribution in [3.05, 3.63) is 40.9 Å². The third-order valence-electron chi connectivity index (χ3n) is 3.19. The topological polar surface area (TPSA) is 120 Å². The van der Waals surface area contributed by atoms with Crippen molar-refractivity contribution >= 4 is 34.6 Å². The molecule has 2 aromatic heterocycles. The summed E-state index contributed by atoms with van der Waals surface area (Å²) >= 11 is 1.33. The van der Waals surface area contributed by atoms with Gasteiger partial charge >= 0.3 is 0 Å². The predicted octanol–water partition coefficient (Wildman–Crippen LogP) is 2.45. The van der Waals surface area contributed by atoms with Gasteiger partial charge in [-0.2, -0.15) is 0 Å². The SMILES string of the molecule is Cc1ccc(NC(=O)Cc2csc(-c3c(N)noc3N)n2)cc1. The molecule has 0 aliphatic carbocycles. The minimum atomic E-state index is -0.142. The van der Waals surface area contributed by atoms with E-state index >= 15 is 0 Å². The van der Waals surface area contributed by atoms with Crippen LogP contribution in [0.5, 0.6) is 0 Å². The Hall–Kier alpha value is -2.87. The van der Waals surface area contributed by atoms with Crippen molar-refractivity contribution in [2.24, 2.45) is 0 Å². The summed E-state index contributed by atoms with van der Waals surface area (Å²) in [5.74, 6) is 0.164. The molecule has 5 N–H and O–H groups in total. The van der Waals surface area contributed by atoms with Gasteiger partial charge in [-0.05, 0) is 19.1 Å². The van der Waals surface area contributed by atoms with E-state index in [0.29, 0.717) is 16.3 Å². The van der Waals surface area contributed by atoms with Crippen molar-refractivity contribution in [1.29, 1.82) is 0 Å². The number of carbonyl (C=O) groups is 1. The molecule has 0 aliphatic heterocycles. The van der Waals surface area contributed by atoms with Gasteiger partial charge in [-0.3, -0.25) is 4.79 Å². The Labute approximate surface area is 136 Å². The molecule has 7 nitrogen and oxygen atoms in total. The fraction of sp³-hybridized carbons (Fsp3) is 0.133. The fourth-order valence-electron chi connectivity index (χ4n) is 2.04. The number of nitrogens with one attached hydrogen (secondary N) is 1. The molecule has 0 bridgehead atoms. The number of hydrogen-bond donors (Lipinski definition) is 3. The van der Waals surface area contributed by atoms with Crippen LogP contribution in [-0.4, -0.2) is 16.0 Å². The number of rotatable bonds is 4. The number of hydrogen-bond acceptors (Lipinski definition) is 7. The highest BCUT2D eigenvalue weighted by molar-refractivity contribution is 7.13. The Kier molecular flexibility index (Phi) is 3.98. The highest BCUT2D eigenvalue weighted by Gasteiger charge is 2.17. The summed E-state index contributed by atoms with van der Waals surface area (Å²) in [6.07, 6.45) is 0.162. The third kappa shape index (κ3) is 3.32. The van der Waals surface area contributed by atoms with Gasteiger partial charge in [0.25, 0.3) is 0 Å². The van der Waals surface area contributed by atoms with Crippen molar-refractivity contribution in [3.8, 4) is 10.6 Å². The molecule has 118 valence electrons. The first kappa shape index (κ1) is 15.0. The summed E-state index contributed by atoms with van der Waals surface area (Å²) in [4.78, 5) is 16.4. The van der Waals surface area contributed by atoms with E-state index in [4.69, 9.17) is 16.0 Å². The quantitative estimate of drug-likeness (QED) is 0.676. The zero-order valence-corrected chi connectivity index (χ0v) is 13.2. The van der Waals surface area contributed by atoms with Gasteiger partial charge in [0.2, 0.25) is 11.8 Å². The minimum absolute atomic E-state index is 0.118. The highest BCUT2D eigenvalue weighted by atomic mass is 32.1. The number of aryl methyl sites for hydroxylation is 1. The van der Waals surface area contributed by atoms with Crippen LogP contribution in [0.2, 0.25) is 0 Å². The lowest BCUT2D eigenvalue weighted by atomic mass is 10.2. The van der Waals surface area contributed by atoms with Crippen LogP contribution in [0.15, 0.2) is 34.2 Å². The zero-order valence-electron chi connectivity index (χ0n) is 12.4. The van der Waals surface area contributed by atoms with Crippen LogP contribution in [0, 0.1) is 6.92 Å². The second-order valence-electron chi connectivity index (χ2n) is 5.04. The molecule has 0 aliphatic rings.